The fourth-order valence-electron chi connectivity index (χ4n) is 2.14. The van der Waals surface area contributed by atoms with Gasteiger partial charge in [-0.2, -0.15) is 5.10 Å². The van der Waals surface area contributed by atoms with E-state index in [9.17, 15) is 0 Å². The van der Waals surface area contributed by atoms with E-state index in [1.807, 2.05) is 6.92 Å². The monoisotopic (exact) mass is 242 g/mol. The minimum atomic E-state index is 0.0581. The van der Waals surface area contributed by atoms with E-state index in [1.165, 1.54) is 17.0 Å². The van der Waals surface area contributed by atoms with Crippen molar-refractivity contribution in [3.8, 4) is 0 Å². The molecule has 2 atom stereocenters. The Bertz CT molecular complexity index is 342. The number of alkyl halides is 1. The molecule has 0 amide bonds. The zero-order chi connectivity index (χ0) is 12.3. The van der Waals surface area contributed by atoms with Gasteiger partial charge in [-0.3, -0.25) is 4.68 Å². The van der Waals surface area contributed by atoms with Crippen LogP contribution in [0.25, 0.3) is 0 Å². The Morgan fingerprint density at radius 3 is 2.19 bits per heavy atom. The van der Waals surface area contributed by atoms with Crippen LogP contribution in [0.2, 0.25) is 0 Å². The third kappa shape index (κ3) is 2.42. The van der Waals surface area contributed by atoms with Gasteiger partial charge in [0, 0.05) is 17.3 Å². The highest BCUT2D eigenvalue weighted by molar-refractivity contribution is 6.20. The summed E-state index contributed by atoms with van der Waals surface area (Å²) in [5.41, 5.74) is 3.74. The first-order chi connectivity index (χ1) is 7.56. The van der Waals surface area contributed by atoms with Gasteiger partial charge in [0.2, 0.25) is 0 Å². The van der Waals surface area contributed by atoms with Crippen molar-refractivity contribution in [1.29, 1.82) is 0 Å². The third-order valence-electron chi connectivity index (χ3n) is 3.20. The average molecular weight is 243 g/mol. The molecular formula is C13H23ClN2. The first-order valence-corrected chi connectivity index (χ1v) is 6.74. The highest BCUT2D eigenvalue weighted by atomic mass is 35.5. The minimum Gasteiger partial charge on any atom is -0.266 e. The van der Waals surface area contributed by atoms with Crippen LogP contribution in [0.15, 0.2) is 0 Å². The second kappa shape index (κ2) is 5.72. The number of hydrogen-bond acceptors (Lipinski definition) is 1. The maximum absolute atomic E-state index is 6.28. The topological polar surface area (TPSA) is 17.8 Å². The maximum atomic E-state index is 6.28. The van der Waals surface area contributed by atoms with Crippen molar-refractivity contribution in [2.24, 2.45) is 0 Å². The van der Waals surface area contributed by atoms with Crippen LogP contribution in [0.5, 0.6) is 0 Å². The Labute approximate surface area is 104 Å². The molecule has 3 heteroatoms. The summed E-state index contributed by atoms with van der Waals surface area (Å²) in [4.78, 5) is 0. The zero-order valence-electron chi connectivity index (χ0n) is 11.0. The molecular weight excluding hydrogens is 220 g/mol. The van der Waals surface area contributed by atoms with E-state index in [2.05, 4.69) is 32.4 Å². The standard InChI is InChI=1S/C13H23ClN2/c1-6-9(4)16-12(8-3)13(10(5)14)11(7-2)15-16/h9-10H,6-8H2,1-5H3. The van der Waals surface area contributed by atoms with Crippen LogP contribution in [-0.2, 0) is 12.8 Å². The van der Waals surface area contributed by atoms with Crippen molar-refractivity contribution in [3.05, 3.63) is 17.0 Å². The Morgan fingerprint density at radius 1 is 1.19 bits per heavy atom. The molecule has 0 aromatic carbocycles. The summed E-state index contributed by atoms with van der Waals surface area (Å²) in [7, 11) is 0. The van der Waals surface area contributed by atoms with Crippen LogP contribution in [-0.4, -0.2) is 9.78 Å². The molecule has 0 bridgehead atoms. The number of halogens is 1. The van der Waals surface area contributed by atoms with E-state index in [1.54, 1.807) is 0 Å². The fourth-order valence-corrected chi connectivity index (χ4v) is 2.40. The molecule has 2 nitrogen and oxygen atoms in total. The van der Waals surface area contributed by atoms with Crippen molar-refractivity contribution >= 4 is 11.6 Å². The first kappa shape index (κ1) is 13.6. The number of aryl methyl sites for hydroxylation is 1. The predicted molar refractivity (Wildman–Crippen MR) is 70.3 cm³/mol. The summed E-state index contributed by atoms with van der Waals surface area (Å²) in [5.74, 6) is 0. The van der Waals surface area contributed by atoms with E-state index in [-0.39, 0.29) is 5.38 Å². The van der Waals surface area contributed by atoms with E-state index in [4.69, 9.17) is 16.7 Å². The highest BCUT2D eigenvalue weighted by Crippen LogP contribution is 2.30. The van der Waals surface area contributed by atoms with Crippen LogP contribution >= 0.6 is 11.6 Å². The third-order valence-corrected chi connectivity index (χ3v) is 3.42. The maximum Gasteiger partial charge on any atom is 0.0671 e. The summed E-state index contributed by atoms with van der Waals surface area (Å²) in [6, 6.07) is 0.462. The van der Waals surface area contributed by atoms with E-state index < -0.39 is 0 Å². The number of rotatable bonds is 5. The van der Waals surface area contributed by atoms with E-state index >= 15 is 0 Å². The number of hydrogen-bond donors (Lipinski definition) is 0. The molecule has 92 valence electrons. The number of nitrogens with zero attached hydrogens (tertiary/aromatic N) is 2. The van der Waals surface area contributed by atoms with E-state index in [0.29, 0.717) is 6.04 Å². The number of aromatic nitrogens is 2. The molecule has 16 heavy (non-hydrogen) atoms. The van der Waals surface area contributed by atoms with Crippen molar-refractivity contribution in [2.75, 3.05) is 0 Å². The molecule has 0 spiro atoms. The summed E-state index contributed by atoms with van der Waals surface area (Å²) in [5, 5.41) is 4.78. The molecule has 0 aliphatic heterocycles. The molecule has 1 heterocycles. The predicted octanol–water partition coefficient (Wildman–Crippen LogP) is 4.28. The molecule has 0 saturated heterocycles. The molecule has 1 aromatic heterocycles. The van der Waals surface area contributed by atoms with E-state index in [0.717, 1.165) is 19.3 Å². The Hall–Kier alpha value is -0.500. The van der Waals surface area contributed by atoms with Gasteiger partial charge in [-0.1, -0.05) is 20.8 Å². The second-order valence-corrected chi connectivity index (χ2v) is 4.99. The van der Waals surface area contributed by atoms with Crippen LogP contribution in [0.3, 0.4) is 0 Å². The van der Waals surface area contributed by atoms with Crippen LogP contribution in [0.4, 0.5) is 0 Å². The van der Waals surface area contributed by atoms with Gasteiger partial charge >= 0.3 is 0 Å². The summed E-state index contributed by atoms with van der Waals surface area (Å²) in [6.45, 7) is 10.8. The van der Waals surface area contributed by atoms with Crippen molar-refractivity contribution in [3.63, 3.8) is 0 Å². The lowest BCUT2D eigenvalue weighted by Gasteiger charge is -2.14. The smallest absolute Gasteiger partial charge is 0.0671 e. The lowest BCUT2D eigenvalue weighted by Crippen LogP contribution is -2.10. The van der Waals surface area contributed by atoms with Gasteiger partial charge in [-0.25, -0.2) is 0 Å². The van der Waals surface area contributed by atoms with Gasteiger partial charge in [0.05, 0.1) is 11.1 Å². The Kier molecular flexibility index (Phi) is 4.85. The highest BCUT2D eigenvalue weighted by Gasteiger charge is 2.20. The molecule has 0 N–H and O–H groups in total. The van der Waals surface area contributed by atoms with Crippen LogP contribution in [0.1, 0.15) is 69.4 Å². The van der Waals surface area contributed by atoms with Gasteiger partial charge < -0.3 is 0 Å². The van der Waals surface area contributed by atoms with Gasteiger partial charge in [-0.15, -0.1) is 11.6 Å². The van der Waals surface area contributed by atoms with Crippen LogP contribution < -0.4 is 0 Å². The van der Waals surface area contributed by atoms with Crippen LogP contribution in [0, 0.1) is 0 Å². The van der Waals surface area contributed by atoms with Gasteiger partial charge in [0.15, 0.2) is 0 Å². The molecule has 2 unspecified atom stereocenters. The lowest BCUT2D eigenvalue weighted by molar-refractivity contribution is 0.458. The lowest BCUT2D eigenvalue weighted by atomic mass is 10.1. The average Bonchev–Trinajstić information content (AvgIpc) is 2.66. The molecule has 0 aliphatic rings. The Morgan fingerprint density at radius 2 is 1.81 bits per heavy atom. The fraction of sp³-hybridized carbons (Fsp3) is 0.769. The molecule has 1 rings (SSSR count). The second-order valence-electron chi connectivity index (χ2n) is 4.33. The zero-order valence-corrected chi connectivity index (χ0v) is 11.8. The van der Waals surface area contributed by atoms with Crippen molar-refractivity contribution < 1.29 is 0 Å². The van der Waals surface area contributed by atoms with Gasteiger partial charge in [0.1, 0.15) is 0 Å². The quantitative estimate of drug-likeness (QED) is 0.705. The largest absolute Gasteiger partial charge is 0.266 e. The minimum absolute atomic E-state index is 0.0581. The first-order valence-electron chi connectivity index (χ1n) is 6.30. The summed E-state index contributed by atoms with van der Waals surface area (Å²) >= 11 is 6.28. The summed E-state index contributed by atoms with van der Waals surface area (Å²) in [6.07, 6.45) is 3.07. The molecule has 0 aliphatic carbocycles. The molecule has 0 radical (unpaired) electrons. The van der Waals surface area contributed by atoms with Gasteiger partial charge in [-0.05, 0) is 33.1 Å². The van der Waals surface area contributed by atoms with Crippen molar-refractivity contribution in [2.45, 2.75) is 65.3 Å². The SMILES string of the molecule is CCc1nn(C(C)CC)c(CC)c1C(C)Cl. The normalized spacial score (nSPS) is 15.1. The molecule has 0 saturated carbocycles. The Balaban J connectivity index is 3.30. The van der Waals surface area contributed by atoms with Gasteiger partial charge in [0.25, 0.3) is 0 Å². The van der Waals surface area contributed by atoms with Crippen molar-refractivity contribution in [1.82, 2.24) is 9.78 Å². The summed E-state index contributed by atoms with van der Waals surface area (Å²) < 4.78 is 2.17. The molecule has 1 aromatic rings. The molecule has 0 fully saturated rings.